The van der Waals surface area contributed by atoms with Crippen LogP contribution in [0.1, 0.15) is 34.1 Å². The highest BCUT2D eigenvalue weighted by Gasteiger charge is 2.24. The molecule has 0 aromatic rings. The van der Waals surface area contributed by atoms with Crippen LogP contribution in [0.2, 0.25) is 0 Å². The second-order valence-electron chi connectivity index (χ2n) is 6.51. The van der Waals surface area contributed by atoms with Crippen LogP contribution in [0.4, 0.5) is 0 Å². The van der Waals surface area contributed by atoms with E-state index in [9.17, 15) is 8.42 Å². The first-order chi connectivity index (χ1) is 9.49. The molecule has 0 saturated heterocycles. The fourth-order valence-electron chi connectivity index (χ4n) is 1.82. The molecular formula is C14H32IN3O3S. The summed E-state index contributed by atoms with van der Waals surface area (Å²) in [7, 11) is 0.458. The average Bonchev–Trinajstić information content (AvgIpc) is 2.33. The van der Waals surface area contributed by atoms with E-state index < -0.39 is 9.84 Å². The lowest BCUT2D eigenvalue weighted by molar-refractivity contribution is 0.0205. The third-order valence-electron chi connectivity index (χ3n) is 3.23. The SMILES string of the molecule is CN=C(NCC(OC)C(C)(C)C)NC(C)CCS(C)(=O)=O.I. The van der Waals surface area contributed by atoms with E-state index >= 15 is 0 Å². The maximum absolute atomic E-state index is 11.2. The molecule has 0 radical (unpaired) electrons. The van der Waals surface area contributed by atoms with Crippen LogP contribution in [-0.4, -0.2) is 59.2 Å². The number of hydrogen-bond donors (Lipinski definition) is 2. The summed E-state index contributed by atoms with van der Waals surface area (Å²) in [5.74, 6) is 0.822. The molecular weight excluding hydrogens is 417 g/mol. The number of nitrogens with one attached hydrogen (secondary N) is 2. The first-order valence-corrected chi connectivity index (χ1v) is 9.23. The molecule has 0 aromatic carbocycles. The quantitative estimate of drug-likeness (QED) is 0.351. The van der Waals surface area contributed by atoms with Crippen molar-refractivity contribution in [2.75, 3.05) is 32.7 Å². The van der Waals surface area contributed by atoms with Gasteiger partial charge in [-0.1, -0.05) is 20.8 Å². The summed E-state index contributed by atoms with van der Waals surface area (Å²) < 4.78 is 27.8. The van der Waals surface area contributed by atoms with Gasteiger partial charge in [0.05, 0.1) is 11.9 Å². The second kappa shape index (κ2) is 10.6. The fraction of sp³-hybridized carbons (Fsp3) is 0.929. The summed E-state index contributed by atoms with van der Waals surface area (Å²) in [5.41, 5.74) is 0.0303. The van der Waals surface area contributed by atoms with Gasteiger partial charge in [0.1, 0.15) is 9.84 Å². The minimum Gasteiger partial charge on any atom is -0.379 e. The Morgan fingerprint density at radius 1 is 1.32 bits per heavy atom. The van der Waals surface area contributed by atoms with E-state index in [4.69, 9.17) is 4.74 Å². The average molecular weight is 449 g/mol. The van der Waals surface area contributed by atoms with Crippen molar-refractivity contribution in [3.63, 3.8) is 0 Å². The largest absolute Gasteiger partial charge is 0.379 e. The number of sulfone groups is 1. The number of nitrogens with zero attached hydrogens (tertiary/aromatic N) is 1. The smallest absolute Gasteiger partial charge is 0.191 e. The van der Waals surface area contributed by atoms with Gasteiger partial charge in [0, 0.05) is 33.0 Å². The van der Waals surface area contributed by atoms with Crippen molar-refractivity contribution in [2.45, 2.75) is 46.3 Å². The highest BCUT2D eigenvalue weighted by molar-refractivity contribution is 14.0. The van der Waals surface area contributed by atoms with Crippen LogP contribution in [0.25, 0.3) is 0 Å². The topological polar surface area (TPSA) is 79.8 Å². The van der Waals surface area contributed by atoms with E-state index in [0.717, 1.165) is 0 Å². The van der Waals surface area contributed by atoms with Crippen LogP contribution in [-0.2, 0) is 14.6 Å². The first kappa shape index (κ1) is 24.2. The van der Waals surface area contributed by atoms with Gasteiger partial charge < -0.3 is 15.4 Å². The van der Waals surface area contributed by atoms with E-state index in [2.05, 4.69) is 36.4 Å². The second-order valence-corrected chi connectivity index (χ2v) is 8.77. The molecule has 0 rings (SSSR count). The molecule has 0 saturated carbocycles. The number of aliphatic imine (C=N–C) groups is 1. The highest BCUT2D eigenvalue weighted by atomic mass is 127. The van der Waals surface area contributed by atoms with Crippen LogP contribution in [0, 0.1) is 5.41 Å². The highest BCUT2D eigenvalue weighted by Crippen LogP contribution is 2.20. The molecule has 2 N–H and O–H groups in total. The normalized spacial score (nSPS) is 15.7. The van der Waals surface area contributed by atoms with Crippen LogP contribution in [0.5, 0.6) is 0 Å². The van der Waals surface area contributed by atoms with Crippen molar-refractivity contribution in [2.24, 2.45) is 10.4 Å². The Morgan fingerprint density at radius 3 is 2.23 bits per heavy atom. The minimum atomic E-state index is -2.93. The van der Waals surface area contributed by atoms with Gasteiger partial charge in [0.15, 0.2) is 5.96 Å². The van der Waals surface area contributed by atoms with Crippen molar-refractivity contribution in [3.8, 4) is 0 Å². The lowest BCUT2D eigenvalue weighted by Gasteiger charge is -2.30. The van der Waals surface area contributed by atoms with Crippen molar-refractivity contribution in [1.82, 2.24) is 10.6 Å². The van der Waals surface area contributed by atoms with Crippen LogP contribution >= 0.6 is 24.0 Å². The Morgan fingerprint density at radius 2 is 1.86 bits per heavy atom. The Balaban J connectivity index is 0. The number of methoxy groups -OCH3 is 1. The number of hydrogen-bond acceptors (Lipinski definition) is 4. The number of guanidine groups is 1. The van der Waals surface area contributed by atoms with Gasteiger partial charge in [0.2, 0.25) is 0 Å². The van der Waals surface area contributed by atoms with E-state index in [-0.39, 0.29) is 47.3 Å². The zero-order valence-corrected chi connectivity index (χ0v) is 17.9. The Labute approximate surface area is 152 Å². The lowest BCUT2D eigenvalue weighted by atomic mass is 9.89. The summed E-state index contributed by atoms with van der Waals surface area (Å²) in [6, 6.07) is 0.0292. The predicted molar refractivity (Wildman–Crippen MR) is 104 cm³/mol. The minimum absolute atomic E-state index is 0. The van der Waals surface area contributed by atoms with Crippen LogP contribution < -0.4 is 10.6 Å². The van der Waals surface area contributed by atoms with E-state index in [1.807, 2.05) is 6.92 Å². The molecule has 0 spiro atoms. The summed E-state index contributed by atoms with van der Waals surface area (Å²) in [4.78, 5) is 4.15. The standard InChI is InChI=1S/C14H31N3O3S.HI/c1-11(8-9-21(7,18)19)17-13(15-5)16-10-12(20-6)14(2,3)4;/h11-12H,8-10H2,1-7H3,(H2,15,16,17);1H. The van der Waals surface area contributed by atoms with E-state index in [1.54, 1.807) is 14.2 Å². The van der Waals surface area contributed by atoms with Gasteiger partial charge in [-0.25, -0.2) is 8.42 Å². The predicted octanol–water partition coefficient (Wildman–Crippen LogP) is 1.65. The van der Waals surface area contributed by atoms with E-state index in [0.29, 0.717) is 18.9 Å². The van der Waals surface area contributed by atoms with Gasteiger partial charge in [-0.05, 0) is 18.8 Å². The van der Waals surface area contributed by atoms with Gasteiger partial charge in [-0.3, -0.25) is 4.99 Å². The molecule has 2 atom stereocenters. The maximum atomic E-state index is 11.2. The molecule has 0 aromatic heterocycles. The molecule has 134 valence electrons. The van der Waals surface area contributed by atoms with E-state index in [1.165, 1.54) is 6.26 Å². The van der Waals surface area contributed by atoms with Gasteiger partial charge >= 0.3 is 0 Å². The lowest BCUT2D eigenvalue weighted by Crippen LogP contribution is -2.47. The molecule has 0 aliphatic rings. The molecule has 0 amide bonds. The molecule has 0 aliphatic heterocycles. The fourth-order valence-corrected chi connectivity index (χ4v) is 2.61. The number of halogens is 1. The zero-order chi connectivity index (χ0) is 16.7. The molecule has 0 fully saturated rings. The summed E-state index contributed by atoms with van der Waals surface area (Å²) in [6.07, 6.45) is 1.86. The summed E-state index contributed by atoms with van der Waals surface area (Å²) >= 11 is 0. The van der Waals surface area contributed by atoms with Crippen molar-refractivity contribution in [3.05, 3.63) is 0 Å². The summed E-state index contributed by atoms with van der Waals surface area (Å²) in [5, 5.41) is 6.41. The molecule has 6 nitrogen and oxygen atoms in total. The van der Waals surface area contributed by atoms with Crippen molar-refractivity contribution < 1.29 is 13.2 Å². The Hall–Kier alpha value is -0.0900. The molecule has 0 heterocycles. The monoisotopic (exact) mass is 449 g/mol. The van der Waals surface area contributed by atoms with Crippen LogP contribution in [0.15, 0.2) is 4.99 Å². The third-order valence-corrected chi connectivity index (χ3v) is 4.21. The van der Waals surface area contributed by atoms with Gasteiger partial charge in [0.25, 0.3) is 0 Å². The van der Waals surface area contributed by atoms with Crippen molar-refractivity contribution >= 4 is 39.8 Å². The Kier molecular flexibility index (Phi) is 11.7. The maximum Gasteiger partial charge on any atom is 0.191 e. The van der Waals surface area contributed by atoms with Gasteiger partial charge in [-0.15, -0.1) is 24.0 Å². The molecule has 22 heavy (non-hydrogen) atoms. The Bertz CT molecular complexity index is 433. The molecule has 2 unspecified atom stereocenters. The third kappa shape index (κ3) is 11.5. The molecule has 8 heteroatoms. The molecule has 0 aliphatic carbocycles. The molecule has 0 bridgehead atoms. The van der Waals surface area contributed by atoms with Gasteiger partial charge in [-0.2, -0.15) is 0 Å². The summed E-state index contributed by atoms with van der Waals surface area (Å²) in [6.45, 7) is 8.93. The van der Waals surface area contributed by atoms with Crippen LogP contribution in [0.3, 0.4) is 0 Å². The number of ether oxygens (including phenoxy) is 1. The first-order valence-electron chi connectivity index (χ1n) is 7.17. The van der Waals surface area contributed by atoms with Crippen molar-refractivity contribution in [1.29, 1.82) is 0 Å². The zero-order valence-electron chi connectivity index (χ0n) is 14.8. The number of rotatable bonds is 7.